The van der Waals surface area contributed by atoms with E-state index < -0.39 is 0 Å². The number of hydrogen-bond donors (Lipinski definition) is 2. The molecule has 0 aromatic heterocycles. The molecule has 0 aliphatic heterocycles. The fraction of sp³-hybridized carbons (Fsp3) is 0.400. The van der Waals surface area contributed by atoms with Gasteiger partial charge in [-0.15, -0.1) is 0 Å². The van der Waals surface area contributed by atoms with Crippen LogP contribution in [0.25, 0.3) is 0 Å². The molecule has 0 saturated carbocycles. The molecule has 0 unspecified atom stereocenters. The maximum atomic E-state index is 13.1. The Morgan fingerprint density at radius 1 is 1.36 bits per heavy atom. The quantitative estimate of drug-likeness (QED) is 0.743. The van der Waals surface area contributed by atoms with E-state index in [1.165, 1.54) is 12.1 Å². The van der Waals surface area contributed by atoms with Crippen LogP contribution in [0.3, 0.4) is 0 Å². The third kappa shape index (κ3) is 3.52. The predicted molar refractivity (Wildman–Crippen MR) is 58.2 cm³/mol. The Kier molecular flexibility index (Phi) is 4.70. The second-order valence-electron chi connectivity index (χ2n) is 3.05. The molecule has 0 radical (unpaired) electrons. The number of nitrogens with one attached hydrogen (secondary N) is 1. The molecule has 0 fully saturated rings. The lowest BCUT2D eigenvalue weighted by molar-refractivity contribution is 0.629. The molecule has 2 nitrogen and oxygen atoms in total. The van der Waals surface area contributed by atoms with Gasteiger partial charge in [0.15, 0.2) is 0 Å². The number of nitrogens with two attached hydrogens (primary N) is 1. The molecular weight excluding hydrogens is 203 g/mol. The Labute approximate surface area is 88.2 Å². The van der Waals surface area contributed by atoms with Crippen LogP contribution in [-0.4, -0.2) is 13.1 Å². The number of anilines is 1. The van der Waals surface area contributed by atoms with Gasteiger partial charge in [0.1, 0.15) is 5.82 Å². The van der Waals surface area contributed by atoms with Crippen molar-refractivity contribution in [2.75, 3.05) is 18.4 Å². The normalized spacial score (nSPS) is 10.2. The van der Waals surface area contributed by atoms with Crippen molar-refractivity contribution in [2.45, 2.75) is 12.8 Å². The molecule has 1 aromatic rings. The van der Waals surface area contributed by atoms with Gasteiger partial charge in [-0.05, 0) is 37.6 Å². The summed E-state index contributed by atoms with van der Waals surface area (Å²) in [5.41, 5.74) is 5.79. The van der Waals surface area contributed by atoms with E-state index in [-0.39, 0.29) is 5.82 Å². The average Bonchev–Trinajstić information content (AvgIpc) is 2.18. The first-order valence-corrected chi connectivity index (χ1v) is 5.01. The molecule has 0 aliphatic carbocycles. The van der Waals surface area contributed by atoms with Gasteiger partial charge in [-0.25, -0.2) is 4.39 Å². The fourth-order valence-electron chi connectivity index (χ4n) is 1.13. The molecule has 0 amide bonds. The molecule has 4 heteroatoms. The van der Waals surface area contributed by atoms with Crippen LogP contribution in [-0.2, 0) is 0 Å². The summed E-state index contributed by atoms with van der Waals surface area (Å²) in [7, 11) is 0. The monoisotopic (exact) mass is 216 g/mol. The highest BCUT2D eigenvalue weighted by atomic mass is 35.5. The van der Waals surface area contributed by atoms with Crippen molar-refractivity contribution < 1.29 is 4.39 Å². The number of halogens is 2. The van der Waals surface area contributed by atoms with Gasteiger partial charge in [0.05, 0.1) is 5.69 Å². The lowest BCUT2D eigenvalue weighted by Gasteiger charge is -2.07. The van der Waals surface area contributed by atoms with E-state index in [1.807, 2.05) is 0 Å². The molecule has 0 bridgehead atoms. The van der Waals surface area contributed by atoms with Gasteiger partial charge in [0.25, 0.3) is 0 Å². The Morgan fingerprint density at radius 3 is 2.86 bits per heavy atom. The fourth-order valence-corrected chi connectivity index (χ4v) is 1.30. The van der Waals surface area contributed by atoms with Crippen LogP contribution in [0.15, 0.2) is 18.2 Å². The van der Waals surface area contributed by atoms with E-state index in [1.54, 1.807) is 6.07 Å². The van der Waals surface area contributed by atoms with Crippen molar-refractivity contribution in [2.24, 2.45) is 5.73 Å². The molecular formula is C10H14ClFN2. The third-order valence-corrected chi connectivity index (χ3v) is 2.11. The van der Waals surface area contributed by atoms with Crippen molar-refractivity contribution in [1.82, 2.24) is 0 Å². The molecule has 0 aliphatic rings. The van der Waals surface area contributed by atoms with Crippen molar-refractivity contribution in [3.8, 4) is 0 Å². The Bertz CT molecular complexity index is 291. The zero-order valence-corrected chi connectivity index (χ0v) is 8.65. The van der Waals surface area contributed by atoms with Gasteiger partial charge < -0.3 is 11.1 Å². The summed E-state index contributed by atoms with van der Waals surface area (Å²) in [4.78, 5) is 0. The summed E-state index contributed by atoms with van der Waals surface area (Å²) < 4.78 is 13.1. The summed E-state index contributed by atoms with van der Waals surface area (Å²) in [5.74, 6) is -0.276. The molecule has 78 valence electrons. The van der Waals surface area contributed by atoms with Gasteiger partial charge in [-0.2, -0.15) is 0 Å². The zero-order chi connectivity index (χ0) is 10.4. The van der Waals surface area contributed by atoms with E-state index in [0.29, 0.717) is 23.8 Å². The van der Waals surface area contributed by atoms with Crippen LogP contribution in [0.1, 0.15) is 12.8 Å². The highest BCUT2D eigenvalue weighted by Crippen LogP contribution is 2.19. The molecule has 0 heterocycles. The second kappa shape index (κ2) is 5.83. The Balaban J connectivity index is 2.45. The number of unbranched alkanes of at least 4 members (excludes halogenated alkanes) is 1. The van der Waals surface area contributed by atoms with E-state index in [0.717, 1.165) is 12.8 Å². The molecule has 14 heavy (non-hydrogen) atoms. The smallest absolute Gasteiger partial charge is 0.146 e. The van der Waals surface area contributed by atoms with Crippen molar-refractivity contribution >= 4 is 17.3 Å². The van der Waals surface area contributed by atoms with Gasteiger partial charge in [-0.3, -0.25) is 0 Å². The van der Waals surface area contributed by atoms with E-state index in [4.69, 9.17) is 17.3 Å². The van der Waals surface area contributed by atoms with Crippen molar-refractivity contribution in [3.05, 3.63) is 29.0 Å². The zero-order valence-electron chi connectivity index (χ0n) is 7.89. The average molecular weight is 217 g/mol. The summed E-state index contributed by atoms with van der Waals surface area (Å²) in [6.45, 7) is 1.38. The SMILES string of the molecule is NCCCCNc1cc(Cl)ccc1F. The van der Waals surface area contributed by atoms with Crippen LogP contribution in [0.5, 0.6) is 0 Å². The lowest BCUT2D eigenvalue weighted by atomic mass is 10.2. The molecule has 1 aromatic carbocycles. The highest BCUT2D eigenvalue weighted by molar-refractivity contribution is 6.30. The molecule has 0 atom stereocenters. The minimum absolute atomic E-state index is 0.276. The van der Waals surface area contributed by atoms with Crippen molar-refractivity contribution in [3.63, 3.8) is 0 Å². The largest absolute Gasteiger partial charge is 0.383 e. The van der Waals surface area contributed by atoms with Gasteiger partial charge >= 0.3 is 0 Å². The molecule has 0 saturated heterocycles. The van der Waals surface area contributed by atoms with Crippen LogP contribution < -0.4 is 11.1 Å². The minimum atomic E-state index is -0.276. The number of hydrogen-bond acceptors (Lipinski definition) is 2. The van der Waals surface area contributed by atoms with E-state index in [9.17, 15) is 4.39 Å². The Morgan fingerprint density at radius 2 is 2.14 bits per heavy atom. The van der Waals surface area contributed by atoms with Crippen LogP contribution in [0.2, 0.25) is 5.02 Å². The maximum Gasteiger partial charge on any atom is 0.146 e. The van der Waals surface area contributed by atoms with Gasteiger partial charge in [-0.1, -0.05) is 11.6 Å². The van der Waals surface area contributed by atoms with Crippen molar-refractivity contribution in [1.29, 1.82) is 0 Å². The van der Waals surface area contributed by atoms with E-state index >= 15 is 0 Å². The summed E-state index contributed by atoms with van der Waals surface area (Å²) >= 11 is 5.73. The summed E-state index contributed by atoms with van der Waals surface area (Å²) in [6, 6.07) is 4.47. The first kappa shape index (κ1) is 11.3. The predicted octanol–water partition coefficient (Wildman–Crippen LogP) is 2.63. The summed E-state index contributed by atoms with van der Waals surface area (Å²) in [6.07, 6.45) is 1.87. The van der Waals surface area contributed by atoms with E-state index in [2.05, 4.69) is 5.32 Å². The maximum absolute atomic E-state index is 13.1. The van der Waals surface area contributed by atoms with Crippen LogP contribution in [0.4, 0.5) is 10.1 Å². The lowest BCUT2D eigenvalue weighted by Crippen LogP contribution is -2.06. The summed E-state index contributed by atoms with van der Waals surface area (Å²) in [5, 5.41) is 3.51. The standard InChI is InChI=1S/C10H14ClFN2/c11-8-3-4-9(12)10(7-8)14-6-2-1-5-13/h3-4,7,14H,1-2,5-6,13H2. The first-order chi connectivity index (χ1) is 6.74. The van der Waals surface area contributed by atoms with Gasteiger partial charge in [0, 0.05) is 11.6 Å². The van der Waals surface area contributed by atoms with Gasteiger partial charge in [0.2, 0.25) is 0 Å². The third-order valence-electron chi connectivity index (χ3n) is 1.87. The second-order valence-corrected chi connectivity index (χ2v) is 3.48. The number of benzene rings is 1. The number of rotatable bonds is 5. The Hall–Kier alpha value is -0.800. The van der Waals surface area contributed by atoms with Crippen LogP contribution in [0, 0.1) is 5.82 Å². The first-order valence-electron chi connectivity index (χ1n) is 4.63. The molecule has 3 N–H and O–H groups in total. The molecule has 0 spiro atoms. The topological polar surface area (TPSA) is 38.0 Å². The minimum Gasteiger partial charge on any atom is -0.383 e. The highest BCUT2D eigenvalue weighted by Gasteiger charge is 2.01. The van der Waals surface area contributed by atoms with Crippen LogP contribution >= 0.6 is 11.6 Å². The molecule has 1 rings (SSSR count).